The number of rotatable bonds is 5. The Bertz CT molecular complexity index is 1000. The molecule has 4 rings (SSSR count). The van der Waals surface area contributed by atoms with Gasteiger partial charge in [-0.05, 0) is 68.7 Å². The first-order chi connectivity index (χ1) is 14.9. The molecule has 1 N–H and O–H groups in total. The van der Waals surface area contributed by atoms with Gasteiger partial charge >= 0.3 is 0 Å². The summed E-state index contributed by atoms with van der Waals surface area (Å²) in [5.74, 6) is -1.30. The number of benzene rings is 2. The van der Waals surface area contributed by atoms with Crippen LogP contribution in [0.2, 0.25) is 0 Å². The smallest absolute Gasteiger partial charge is 0.295 e. The number of halogens is 1. The van der Waals surface area contributed by atoms with Crippen molar-refractivity contribution < 1.29 is 23.8 Å². The van der Waals surface area contributed by atoms with Gasteiger partial charge in [0.2, 0.25) is 0 Å². The molecule has 1 atom stereocenters. The highest BCUT2D eigenvalue weighted by Crippen LogP contribution is 2.43. The number of carbonyl (C=O) groups excluding carboxylic acids is 2. The normalized spacial score (nSPS) is 21.3. The maximum Gasteiger partial charge on any atom is 0.295 e. The average molecular weight is 423 g/mol. The fraction of sp³-hybridized carbons (Fsp3) is 0.360. The number of hydrogen-bond donors (Lipinski definition) is 1. The van der Waals surface area contributed by atoms with Gasteiger partial charge in [-0.1, -0.05) is 25.0 Å². The SMILES string of the molecule is CC(C)Oc1ccc(/C(O)=C2/C(=O)C(=O)N(C3CCCC3)C2c2ccc(F)cc2)cc1. The minimum atomic E-state index is -0.740. The Labute approximate surface area is 181 Å². The van der Waals surface area contributed by atoms with Gasteiger partial charge in [0.1, 0.15) is 17.3 Å². The molecule has 31 heavy (non-hydrogen) atoms. The van der Waals surface area contributed by atoms with E-state index in [4.69, 9.17) is 4.74 Å². The molecule has 162 valence electrons. The summed E-state index contributed by atoms with van der Waals surface area (Å²) in [6.45, 7) is 3.84. The van der Waals surface area contributed by atoms with Gasteiger partial charge in [0.05, 0.1) is 17.7 Å². The standard InChI is InChI=1S/C25H26FNO4/c1-15(2)31-20-13-9-17(10-14-20)23(28)21-22(16-7-11-18(26)12-8-16)27(25(30)24(21)29)19-5-3-4-6-19/h7-15,19,22,28H,3-6H2,1-2H3/b23-21-. The van der Waals surface area contributed by atoms with Crippen LogP contribution in [0.3, 0.4) is 0 Å². The van der Waals surface area contributed by atoms with Crippen molar-refractivity contribution in [3.8, 4) is 5.75 Å². The molecule has 1 aliphatic carbocycles. The van der Waals surface area contributed by atoms with E-state index in [1.165, 1.54) is 12.1 Å². The zero-order valence-electron chi connectivity index (χ0n) is 17.7. The summed E-state index contributed by atoms with van der Waals surface area (Å²) in [6, 6.07) is 11.7. The first-order valence-corrected chi connectivity index (χ1v) is 10.7. The van der Waals surface area contributed by atoms with Crippen molar-refractivity contribution in [3.63, 3.8) is 0 Å². The quantitative estimate of drug-likeness (QED) is 0.419. The Balaban J connectivity index is 1.80. The number of nitrogens with zero attached hydrogens (tertiary/aromatic N) is 1. The summed E-state index contributed by atoms with van der Waals surface area (Å²) >= 11 is 0. The fourth-order valence-corrected chi connectivity index (χ4v) is 4.50. The van der Waals surface area contributed by atoms with Gasteiger partial charge in [0, 0.05) is 11.6 Å². The van der Waals surface area contributed by atoms with Crippen molar-refractivity contribution in [3.05, 3.63) is 71.0 Å². The van der Waals surface area contributed by atoms with Crippen LogP contribution in [0.15, 0.2) is 54.1 Å². The number of ketones is 1. The molecule has 5 nitrogen and oxygen atoms in total. The van der Waals surface area contributed by atoms with Crippen molar-refractivity contribution in [1.29, 1.82) is 0 Å². The van der Waals surface area contributed by atoms with Crippen LogP contribution in [0.5, 0.6) is 5.75 Å². The molecular formula is C25H26FNO4. The first kappa shape index (κ1) is 21.1. The van der Waals surface area contributed by atoms with E-state index in [1.54, 1.807) is 41.3 Å². The minimum absolute atomic E-state index is 0.00894. The molecule has 2 aromatic carbocycles. The summed E-state index contributed by atoms with van der Waals surface area (Å²) in [5, 5.41) is 11.1. The number of ether oxygens (including phenoxy) is 1. The van der Waals surface area contributed by atoms with E-state index in [1.807, 2.05) is 13.8 Å². The van der Waals surface area contributed by atoms with E-state index < -0.39 is 23.5 Å². The lowest BCUT2D eigenvalue weighted by atomic mass is 9.94. The predicted molar refractivity (Wildman–Crippen MR) is 115 cm³/mol. The molecule has 1 amide bonds. The highest BCUT2D eigenvalue weighted by molar-refractivity contribution is 6.46. The van der Waals surface area contributed by atoms with E-state index in [0.29, 0.717) is 16.9 Å². The number of amides is 1. The van der Waals surface area contributed by atoms with Crippen LogP contribution >= 0.6 is 0 Å². The van der Waals surface area contributed by atoms with Crippen LogP contribution in [0.4, 0.5) is 4.39 Å². The van der Waals surface area contributed by atoms with Crippen molar-refractivity contribution in [2.75, 3.05) is 0 Å². The van der Waals surface area contributed by atoms with Crippen molar-refractivity contribution in [1.82, 2.24) is 4.90 Å². The summed E-state index contributed by atoms with van der Waals surface area (Å²) in [7, 11) is 0. The second-order valence-corrected chi connectivity index (χ2v) is 8.39. The Morgan fingerprint density at radius 2 is 1.65 bits per heavy atom. The van der Waals surface area contributed by atoms with Crippen molar-refractivity contribution >= 4 is 17.4 Å². The predicted octanol–water partition coefficient (Wildman–Crippen LogP) is 4.98. The van der Waals surface area contributed by atoms with Crippen molar-refractivity contribution in [2.45, 2.75) is 57.7 Å². The van der Waals surface area contributed by atoms with Gasteiger partial charge in [0.15, 0.2) is 0 Å². The van der Waals surface area contributed by atoms with E-state index in [-0.39, 0.29) is 23.5 Å². The van der Waals surface area contributed by atoms with Gasteiger partial charge in [0.25, 0.3) is 11.7 Å². The minimum Gasteiger partial charge on any atom is -0.507 e. The van der Waals surface area contributed by atoms with Gasteiger partial charge in [-0.15, -0.1) is 0 Å². The summed E-state index contributed by atoms with van der Waals surface area (Å²) < 4.78 is 19.2. The van der Waals surface area contributed by atoms with E-state index in [2.05, 4.69) is 0 Å². The third kappa shape index (κ3) is 4.07. The number of hydrogen-bond acceptors (Lipinski definition) is 4. The highest BCUT2D eigenvalue weighted by Gasteiger charge is 2.49. The molecule has 1 saturated heterocycles. The maximum atomic E-state index is 13.6. The van der Waals surface area contributed by atoms with Gasteiger partial charge < -0.3 is 14.7 Å². The molecule has 2 fully saturated rings. The highest BCUT2D eigenvalue weighted by atomic mass is 19.1. The van der Waals surface area contributed by atoms with Crippen LogP contribution in [0.25, 0.3) is 5.76 Å². The maximum absolute atomic E-state index is 13.6. The second-order valence-electron chi connectivity index (χ2n) is 8.39. The van der Waals surface area contributed by atoms with Crippen molar-refractivity contribution in [2.24, 2.45) is 0 Å². The topological polar surface area (TPSA) is 66.8 Å². The lowest BCUT2D eigenvalue weighted by molar-refractivity contribution is -0.141. The molecule has 6 heteroatoms. The number of carbonyl (C=O) groups is 2. The largest absolute Gasteiger partial charge is 0.507 e. The van der Waals surface area contributed by atoms with E-state index >= 15 is 0 Å². The number of likely N-dealkylation sites (tertiary alicyclic amines) is 1. The van der Waals surface area contributed by atoms with Gasteiger partial charge in [-0.3, -0.25) is 9.59 Å². The van der Waals surface area contributed by atoms with E-state index in [0.717, 1.165) is 25.7 Å². The van der Waals surface area contributed by atoms with Crippen LogP contribution in [0.1, 0.15) is 56.7 Å². The van der Waals surface area contributed by atoms with Crippen LogP contribution in [-0.4, -0.2) is 33.8 Å². The molecule has 0 radical (unpaired) electrons. The number of aliphatic hydroxyl groups excluding tert-OH is 1. The Morgan fingerprint density at radius 3 is 2.23 bits per heavy atom. The Morgan fingerprint density at radius 1 is 1.03 bits per heavy atom. The molecule has 1 heterocycles. The summed E-state index contributed by atoms with van der Waals surface area (Å²) in [5.41, 5.74) is 1.07. The molecule has 1 saturated carbocycles. The third-order valence-corrected chi connectivity index (χ3v) is 5.88. The molecule has 0 bridgehead atoms. The number of Topliss-reactive ketones (excluding diaryl/α,β-unsaturated/α-hetero) is 1. The van der Waals surface area contributed by atoms with Crippen LogP contribution in [0, 0.1) is 5.82 Å². The monoisotopic (exact) mass is 423 g/mol. The molecule has 1 aliphatic heterocycles. The summed E-state index contributed by atoms with van der Waals surface area (Å²) in [6.07, 6.45) is 3.61. The zero-order chi connectivity index (χ0) is 22.1. The van der Waals surface area contributed by atoms with Crippen LogP contribution in [-0.2, 0) is 9.59 Å². The van der Waals surface area contributed by atoms with Gasteiger partial charge in [-0.25, -0.2) is 4.39 Å². The fourth-order valence-electron chi connectivity index (χ4n) is 4.50. The molecule has 2 aliphatic rings. The Kier molecular flexibility index (Phi) is 5.81. The first-order valence-electron chi connectivity index (χ1n) is 10.7. The lowest BCUT2D eigenvalue weighted by Gasteiger charge is -2.30. The molecular weight excluding hydrogens is 397 g/mol. The Hall–Kier alpha value is -3.15. The average Bonchev–Trinajstić information content (AvgIpc) is 3.35. The molecule has 2 aromatic rings. The molecule has 0 spiro atoms. The molecule has 0 aromatic heterocycles. The zero-order valence-corrected chi connectivity index (χ0v) is 17.7. The third-order valence-electron chi connectivity index (χ3n) is 5.88. The lowest BCUT2D eigenvalue weighted by Crippen LogP contribution is -2.37. The molecule has 1 unspecified atom stereocenters. The second kappa shape index (κ2) is 8.53. The summed E-state index contributed by atoms with van der Waals surface area (Å²) in [4.78, 5) is 27.6. The van der Waals surface area contributed by atoms with E-state index in [9.17, 15) is 19.1 Å². The van der Waals surface area contributed by atoms with Gasteiger partial charge in [-0.2, -0.15) is 0 Å². The van der Waals surface area contributed by atoms with Crippen LogP contribution < -0.4 is 4.74 Å². The number of aliphatic hydroxyl groups is 1.